The van der Waals surface area contributed by atoms with Gasteiger partial charge in [-0.1, -0.05) is 17.7 Å². The molecule has 0 fully saturated rings. The maximum Gasteiger partial charge on any atom is 0.243 e. The van der Waals surface area contributed by atoms with Crippen LogP contribution in [0.4, 0.5) is 10.3 Å². The van der Waals surface area contributed by atoms with E-state index in [1.165, 1.54) is 12.1 Å². The zero-order valence-corrected chi connectivity index (χ0v) is 12.1. The van der Waals surface area contributed by atoms with Gasteiger partial charge in [-0.05, 0) is 17.7 Å². The molecule has 2 rings (SSSR count). The van der Waals surface area contributed by atoms with Gasteiger partial charge >= 0.3 is 0 Å². The number of anilines is 1. The van der Waals surface area contributed by atoms with E-state index in [2.05, 4.69) is 20.1 Å². The first-order chi connectivity index (χ1) is 9.92. The van der Waals surface area contributed by atoms with Crippen LogP contribution in [0.1, 0.15) is 5.56 Å². The number of aromatic nitrogens is 2. The van der Waals surface area contributed by atoms with Gasteiger partial charge in [0.15, 0.2) is 0 Å². The Kier molecular flexibility index (Phi) is 4.68. The number of rotatable bonds is 5. The third-order valence-corrected chi connectivity index (χ3v) is 4.16. The van der Waals surface area contributed by atoms with Gasteiger partial charge in [-0.15, -0.1) is 0 Å². The summed E-state index contributed by atoms with van der Waals surface area (Å²) >= 11 is 5.62. The predicted octanol–water partition coefficient (Wildman–Crippen LogP) is 1.03. The maximum atomic E-state index is 13.0. The first-order valence-corrected chi connectivity index (χ1v) is 7.51. The van der Waals surface area contributed by atoms with Crippen LogP contribution in [0.2, 0.25) is 5.02 Å². The van der Waals surface area contributed by atoms with E-state index >= 15 is 0 Å². The van der Waals surface area contributed by atoms with Crippen molar-refractivity contribution in [3.05, 3.63) is 47.0 Å². The van der Waals surface area contributed by atoms with Crippen molar-refractivity contribution in [3.8, 4) is 0 Å². The van der Waals surface area contributed by atoms with Gasteiger partial charge in [-0.2, -0.15) is 0 Å². The Morgan fingerprint density at radius 2 is 1.95 bits per heavy atom. The molecule has 0 amide bonds. The Bertz CT molecular complexity index is 739. The lowest BCUT2D eigenvalue weighted by molar-refractivity contribution is 0.580. The van der Waals surface area contributed by atoms with Crippen LogP contribution in [0, 0.1) is 5.82 Å². The molecule has 0 aliphatic heterocycles. The average Bonchev–Trinajstić information content (AvgIpc) is 2.48. The summed E-state index contributed by atoms with van der Waals surface area (Å²) < 4.78 is 39.4. The fraction of sp³-hybridized carbons (Fsp3) is 0.0909. The van der Waals surface area contributed by atoms with E-state index in [0.29, 0.717) is 5.56 Å². The number of nitrogen functional groups attached to an aromatic ring is 1. The summed E-state index contributed by atoms with van der Waals surface area (Å²) in [5.74, 6) is 4.62. The van der Waals surface area contributed by atoms with E-state index in [1.807, 2.05) is 0 Å². The third kappa shape index (κ3) is 3.85. The van der Waals surface area contributed by atoms with E-state index in [1.54, 1.807) is 0 Å². The molecule has 1 aromatic heterocycles. The van der Waals surface area contributed by atoms with Gasteiger partial charge in [0, 0.05) is 6.54 Å². The molecule has 7 nitrogen and oxygen atoms in total. The highest BCUT2D eigenvalue weighted by molar-refractivity contribution is 7.89. The second-order valence-corrected chi connectivity index (χ2v) is 6.13. The van der Waals surface area contributed by atoms with Crippen LogP contribution in [0.25, 0.3) is 0 Å². The lowest BCUT2D eigenvalue weighted by Gasteiger charge is -2.07. The minimum absolute atomic E-state index is 0.0424. The second-order valence-electron chi connectivity index (χ2n) is 3.96. The molecule has 0 saturated carbocycles. The zero-order valence-electron chi connectivity index (χ0n) is 10.5. The van der Waals surface area contributed by atoms with Crippen molar-refractivity contribution in [2.24, 2.45) is 5.84 Å². The Labute approximate surface area is 125 Å². The molecule has 2 aromatic rings. The quantitative estimate of drug-likeness (QED) is 0.557. The third-order valence-electron chi connectivity index (χ3n) is 2.52. The molecule has 0 radical (unpaired) electrons. The van der Waals surface area contributed by atoms with Crippen LogP contribution in [-0.2, 0) is 16.6 Å². The molecule has 10 heteroatoms. The smallest absolute Gasteiger partial charge is 0.243 e. The van der Waals surface area contributed by atoms with Gasteiger partial charge < -0.3 is 0 Å². The molecule has 0 unspecified atom stereocenters. The van der Waals surface area contributed by atoms with Gasteiger partial charge in [-0.25, -0.2) is 33.3 Å². The first kappa shape index (κ1) is 15.6. The van der Waals surface area contributed by atoms with Crippen LogP contribution in [0.5, 0.6) is 0 Å². The van der Waals surface area contributed by atoms with Crippen LogP contribution >= 0.6 is 11.6 Å². The molecule has 4 N–H and O–H groups in total. The fourth-order valence-corrected chi connectivity index (χ4v) is 2.55. The molecular formula is C11H11ClFN5O2S. The number of nitrogens with one attached hydrogen (secondary N) is 2. The molecule has 0 aliphatic carbocycles. The molecule has 0 saturated heterocycles. The van der Waals surface area contributed by atoms with E-state index in [-0.39, 0.29) is 22.4 Å². The fourth-order valence-electron chi connectivity index (χ4n) is 1.44. The number of hydrogen-bond donors (Lipinski definition) is 3. The van der Waals surface area contributed by atoms with Crippen LogP contribution in [-0.4, -0.2) is 18.4 Å². The van der Waals surface area contributed by atoms with E-state index in [9.17, 15) is 12.8 Å². The summed E-state index contributed by atoms with van der Waals surface area (Å²) in [6, 6.07) is 3.94. The first-order valence-electron chi connectivity index (χ1n) is 5.64. The largest absolute Gasteiger partial charge is 0.292 e. The standard InChI is InChI=1S/C11H11ClFN5O2S/c12-9-3-7(1-2-10(9)13)4-17-21(19,20)8-5-15-11(18-14)16-6-8/h1-3,5-6,17H,4,14H2,(H,15,16,18). The van der Waals surface area contributed by atoms with Crippen LogP contribution < -0.4 is 16.0 Å². The highest BCUT2D eigenvalue weighted by atomic mass is 35.5. The Balaban J connectivity index is 2.11. The van der Waals surface area contributed by atoms with Crippen molar-refractivity contribution < 1.29 is 12.8 Å². The number of hydrazine groups is 1. The Morgan fingerprint density at radius 1 is 1.29 bits per heavy atom. The monoisotopic (exact) mass is 331 g/mol. The minimum atomic E-state index is -3.79. The summed E-state index contributed by atoms with van der Waals surface area (Å²) in [7, 11) is -3.79. The Hall–Kier alpha value is -1.81. The normalized spacial score (nSPS) is 11.4. The van der Waals surface area contributed by atoms with E-state index in [0.717, 1.165) is 18.5 Å². The number of halogens is 2. The number of sulfonamides is 1. The summed E-state index contributed by atoms with van der Waals surface area (Å²) in [4.78, 5) is 7.30. The van der Waals surface area contributed by atoms with Crippen molar-refractivity contribution in [2.45, 2.75) is 11.4 Å². The SMILES string of the molecule is NNc1ncc(S(=O)(=O)NCc2ccc(F)c(Cl)c2)cn1. The Morgan fingerprint density at radius 3 is 2.52 bits per heavy atom. The summed E-state index contributed by atoms with van der Waals surface area (Å²) in [6.45, 7) is -0.0424. The van der Waals surface area contributed by atoms with Crippen molar-refractivity contribution >= 4 is 27.6 Å². The highest BCUT2D eigenvalue weighted by Crippen LogP contribution is 2.16. The lowest BCUT2D eigenvalue weighted by Crippen LogP contribution is -2.24. The van der Waals surface area contributed by atoms with Crippen molar-refractivity contribution in [1.29, 1.82) is 0 Å². The van der Waals surface area contributed by atoms with Crippen molar-refractivity contribution in [1.82, 2.24) is 14.7 Å². The van der Waals surface area contributed by atoms with Gasteiger partial charge in [0.2, 0.25) is 16.0 Å². The highest BCUT2D eigenvalue weighted by Gasteiger charge is 2.15. The minimum Gasteiger partial charge on any atom is -0.292 e. The predicted molar refractivity (Wildman–Crippen MR) is 75.3 cm³/mol. The van der Waals surface area contributed by atoms with Gasteiger partial charge in [-0.3, -0.25) is 5.43 Å². The van der Waals surface area contributed by atoms with Crippen LogP contribution in [0.3, 0.4) is 0 Å². The number of benzene rings is 1. The molecule has 0 aliphatic rings. The van der Waals surface area contributed by atoms with Crippen molar-refractivity contribution in [3.63, 3.8) is 0 Å². The molecule has 1 heterocycles. The van der Waals surface area contributed by atoms with Gasteiger partial charge in [0.05, 0.1) is 17.4 Å². The molecule has 1 aromatic carbocycles. The molecule has 112 valence electrons. The maximum absolute atomic E-state index is 13.0. The van der Waals surface area contributed by atoms with Gasteiger partial charge in [0.25, 0.3) is 0 Å². The number of nitrogens with zero attached hydrogens (tertiary/aromatic N) is 2. The van der Waals surface area contributed by atoms with Crippen molar-refractivity contribution in [2.75, 3.05) is 5.43 Å². The summed E-state index contributed by atoms with van der Waals surface area (Å²) in [5, 5.41) is -0.0756. The molecule has 0 spiro atoms. The van der Waals surface area contributed by atoms with Crippen LogP contribution in [0.15, 0.2) is 35.5 Å². The zero-order chi connectivity index (χ0) is 15.5. The summed E-state index contributed by atoms with van der Waals surface area (Å²) in [6.07, 6.45) is 2.23. The van der Waals surface area contributed by atoms with Gasteiger partial charge in [0.1, 0.15) is 10.7 Å². The lowest BCUT2D eigenvalue weighted by atomic mass is 10.2. The van der Waals surface area contributed by atoms with E-state index in [4.69, 9.17) is 17.4 Å². The van der Waals surface area contributed by atoms with E-state index < -0.39 is 15.8 Å². The molecular weight excluding hydrogens is 321 g/mol. The second kappa shape index (κ2) is 6.31. The number of nitrogens with two attached hydrogens (primary N) is 1. The topological polar surface area (TPSA) is 110 Å². The molecule has 0 bridgehead atoms. The summed E-state index contributed by atoms with van der Waals surface area (Å²) in [5.41, 5.74) is 2.71. The average molecular weight is 332 g/mol. The molecule has 21 heavy (non-hydrogen) atoms. The number of hydrogen-bond acceptors (Lipinski definition) is 6. The molecule has 0 atom stereocenters.